The molecule has 66 valence electrons. The number of carbonyl (C=O) groups is 1. The first kappa shape index (κ1) is 8.84. The second-order valence-corrected chi connectivity index (χ2v) is 3.00. The zero-order valence-electron chi connectivity index (χ0n) is 7.33. The summed E-state index contributed by atoms with van der Waals surface area (Å²) >= 11 is 0. The zero-order chi connectivity index (χ0) is 8.97. The Labute approximate surface area is 71.8 Å². The summed E-state index contributed by atoms with van der Waals surface area (Å²) in [4.78, 5) is 11.1. The van der Waals surface area contributed by atoms with Gasteiger partial charge in [-0.15, -0.1) is 0 Å². The molecule has 0 aliphatic rings. The van der Waals surface area contributed by atoms with Crippen LogP contribution in [0, 0.1) is 5.92 Å². The predicted octanol–water partition coefficient (Wildman–Crippen LogP) is 1.55. The fraction of sp³-hybridized carbons (Fsp3) is 0.444. The number of furan rings is 1. The van der Waals surface area contributed by atoms with Crippen LogP contribution in [-0.2, 0) is 11.3 Å². The Kier molecular flexibility index (Phi) is 2.91. The molecule has 0 radical (unpaired) electrons. The highest BCUT2D eigenvalue weighted by atomic mass is 16.3. The third-order valence-electron chi connectivity index (χ3n) is 1.57. The lowest BCUT2D eigenvalue weighted by Gasteiger charge is -2.05. The molecule has 1 amide bonds. The monoisotopic (exact) mass is 167 g/mol. The van der Waals surface area contributed by atoms with Crippen LogP contribution >= 0.6 is 0 Å². The van der Waals surface area contributed by atoms with E-state index in [-0.39, 0.29) is 11.8 Å². The topological polar surface area (TPSA) is 42.2 Å². The van der Waals surface area contributed by atoms with Crippen LogP contribution in [0.2, 0.25) is 0 Å². The van der Waals surface area contributed by atoms with Crippen molar-refractivity contribution in [2.24, 2.45) is 5.92 Å². The molecule has 1 rings (SSSR count). The molecule has 3 heteroatoms. The molecule has 0 spiro atoms. The van der Waals surface area contributed by atoms with Gasteiger partial charge in [-0.05, 0) is 6.07 Å². The quantitative estimate of drug-likeness (QED) is 0.742. The van der Waals surface area contributed by atoms with E-state index in [2.05, 4.69) is 5.32 Å². The lowest BCUT2D eigenvalue weighted by Crippen LogP contribution is -2.26. The van der Waals surface area contributed by atoms with Gasteiger partial charge in [0.15, 0.2) is 0 Å². The van der Waals surface area contributed by atoms with Gasteiger partial charge < -0.3 is 9.73 Å². The van der Waals surface area contributed by atoms with Crippen LogP contribution in [0.4, 0.5) is 0 Å². The molecule has 0 aliphatic carbocycles. The Hall–Kier alpha value is -1.25. The van der Waals surface area contributed by atoms with E-state index in [0.717, 1.165) is 5.56 Å². The van der Waals surface area contributed by atoms with Gasteiger partial charge in [-0.3, -0.25) is 4.79 Å². The maximum Gasteiger partial charge on any atom is 0.222 e. The fourth-order valence-electron chi connectivity index (χ4n) is 0.787. The number of rotatable bonds is 3. The van der Waals surface area contributed by atoms with Crippen LogP contribution in [0.15, 0.2) is 23.0 Å². The van der Waals surface area contributed by atoms with E-state index in [1.54, 1.807) is 12.5 Å². The van der Waals surface area contributed by atoms with Gasteiger partial charge in [-0.25, -0.2) is 0 Å². The van der Waals surface area contributed by atoms with Gasteiger partial charge in [0.25, 0.3) is 0 Å². The Balaban J connectivity index is 2.32. The van der Waals surface area contributed by atoms with Crippen molar-refractivity contribution in [3.8, 4) is 0 Å². The SMILES string of the molecule is CC(C)C(=O)NCc1ccoc1. The van der Waals surface area contributed by atoms with E-state index in [1.807, 2.05) is 19.9 Å². The fourth-order valence-corrected chi connectivity index (χ4v) is 0.787. The molecule has 1 aromatic heterocycles. The van der Waals surface area contributed by atoms with Gasteiger partial charge in [0.05, 0.1) is 12.5 Å². The molecular formula is C9H13NO2. The molecule has 0 aliphatic heterocycles. The average molecular weight is 167 g/mol. The first-order chi connectivity index (χ1) is 5.70. The molecular weight excluding hydrogens is 154 g/mol. The normalized spacial score (nSPS) is 10.2. The Morgan fingerprint density at radius 1 is 1.67 bits per heavy atom. The number of amides is 1. The highest BCUT2D eigenvalue weighted by molar-refractivity contribution is 5.77. The highest BCUT2D eigenvalue weighted by Crippen LogP contribution is 1.99. The standard InChI is InChI=1S/C9H13NO2/c1-7(2)9(11)10-5-8-3-4-12-6-8/h3-4,6-7H,5H2,1-2H3,(H,10,11). The molecule has 12 heavy (non-hydrogen) atoms. The number of nitrogens with one attached hydrogen (secondary N) is 1. The van der Waals surface area contributed by atoms with E-state index in [9.17, 15) is 4.79 Å². The summed E-state index contributed by atoms with van der Waals surface area (Å²) in [6.45, 7) is 4.28. The minimum absolute atomic E-state index is 0.0388. The van der Waals surface area contributed by atoms with Crippen molar-refractivity contribution >= 4 is 5.91 Å². The van der Waals surface area contributed by atoms with Crippen molar-refractivity contribution in [3.63, 3.8) is 0 Å². The third-order valence-corrected chi connectivity index (χ3v) is 1.57. The van der Waals surface area contributed by atoms with Crippen LogP contribution in [0.3, 0.4) is 0 Å². The van der Waals surface area contributed by atoms with Gasteiger partial charge in [-0.1, -0.05) is 13.8 Å². The van der Waals surface area contributed by atoms with Crippen LogP contribution < -0.4 is 5.32 Å². The molecule has 1 heterocycles. The van der Waals surface area contributed by atoms with Crippen molar-refractivity contribution < 1.29 is 9.21 Å². The maximum absolute atomic E-state index is 11.1. The zero-order valence-corrected chi connectivity index (χ0v) is 7.33. The molecule has 0 saturated heterocycles. The molecule has 0 saturated carbocycles. The summed E-state index contributed by atoms with van der Waals surface area (Å²) in [6, 6.07) is 1.83. The Morgan fingerprint density at radius 2 is 2.42 bits per heavy atom. The first-order valence-electron chi connectivity index (χ1n) is 3.99. The van der Waals surface area contributed by atoms with Crippen molar-refractivity contribution in [2.45, 2.75) is 20.4 Å². The number of carbonyl (C=O) groups excluding carboxylic acids is 1. The third kappa shape index (κ3) is 2.42. The summed E-state index contributed by atoms with van der Waals surface area (Å²) in [7, 11) is 0. The van der Waals surface area contributed by atoms with Crippen LogP contribution in [0.25, 0.3) is 0 Å². The predicted molar refractivity (Wildman–Crippen MR) is 45.4 cm³/mol. The molecule has 1 N–H and O–H groups in total. The average Bonchev–Trinajstić information content (AvgIpc) is 2.51. The van der Waals surface area contributed by atoms with Crippen molar-refractivity contribution in [1.82, 2.24) is 5.32 Å². The smallest absolute Gasteiger partial charge is 0.222 e. The van der Waals surface area contributed by atoms with E-state index in [1.165, 1.54) is 0 Å². The maximum atomic E-state index is 11.1. The largest absolute Gasteiger partial charge is 0.472 e. The van der Waals surface area contributed by atoms with Crippen molar-refractivity contribution in [3.05, 3.63) is 24.2 Å². The van der Waals surface area contributed by atoms with E-state index in [4.69, 9.17) is 4.42 Å². The summed E-state index contributed by atoms with van der Waals surface area (Å²) in [5.41, 5.74) is 0.990. The lowest BCUT2D eigenvalue weighted by atomic mass is 10.2. The minimum Gasteiger partial charge on any atom is -0.472 e. The summed E-state index contributed by atoms with van der Waals surface area (Å²) in [5.74, 6) is 0.105. The van der Waals surface area contributed by atoms with E-state index in [0.29, 0.717) is 6.54 Å². The second kappa shape index (κ2) is 3.95. The number of hydrogen-bond donors (Lipinski definition) is 1. The number of hydrogen-bond acceptors (Lipinski definition) is 2. The van der Waals surface area contributed by atoms with Crippen LogP contribution in [0.5, 0.6) is 0 Å². The molecule has 1 aromatic rings. The van der Waals surface area contributed by atoms with Gasteiger partial charge in [0.1, 0.15) is 0 Å². The van der Waals surface area contributed by atoms with Gasteiger partial charge in [-0.2, -0.15) is 0 Å². The Bertz CT molecular complexity index is 239. The molecule has 3 nitrogen and oxygen atoms in total. The van der Waals surface area contributed by atoms with Crippen molar-refractivity contribution in [1.29, 1.82) is 0 Å². The molecule has 0 unspecified atom stereocenters. The summed E-state index contributed by atoms with van der Waals surface area (Å²) in [6.07, 6.45) is 3.22. The van der Waals surface area contributed by atoms with Gasteiger partial charge in [0.2, 0.25) is 5.91 Å². The summed E-state index contributed by atoms with van der Waals surface area (Å²) in [5, 5.41) is 2.79. The van der Waals surface area contributed by atoms with Crippen molar-refractivity contribution in [2.75, 3.05) is 0 Å². The highest BCUT2D eigenvalue weighted by Gasteiger charge is 2.05. The molecule has 0 atom stereocenters. The summed E-state index contributed by atoms with van der Waals surface area (Å²) < 4.78 is 4.86. The van der Waals surface area contributed by atoms with Crippen LogP contribution in [-0.4, -0.2) is 5.91 Å². The van der Waals surface area contributed by atoms with E-state index >= 15 is 0 Å². The van der Waals surface area contributed by atoms with E-state index < -0.39 is 0 Å². The minimum atomic E-state index is 0.0388. The Morgan fingerprint density at radius 3 is 2.92 bits per heavy atom. The first-order valence-corrected chi connectivity index (χ1v) is 3.99. The molecule has 0 fully saturated rings. The lowest BCUT2D eigenvalue weighted by molar-refractivity contribution is -0.124. The second-order valence-electron chi connectivity index (χ2n) is 3.00. The van der Waals surface area contributed by atoms with Crippen LogP contribution in [0.1, 0.15) is 19.4 Å². The van der Waals surface area contributed by atoms with Gasteiger partial charge in [0, 0.05) is 18.0 Å². The molecule has 0 bridgehead atoms. The van der Waals surface area contributed by atoms with Gasteiger partial charge >= 0.3 is 0 Å². The molecule has 0 aromatic carbocycles.